The lowest BCUT2D eigenvalue weighted by Gasteiger charge is -2.04. The van der Waals surface area contributed by atoms with Crippen LogP contribution in [0.1, 0.15) is 15.9 Å². The van der Waals surface area contributed by atoms with Crippen molar-refractivity contribution in [1.82, 2.24) is 5.43 Å². The molecule has 0 bridgehead atoms. The van der Waals surface area contributed by atoms with Crippen LogP contribution in [0.5, 0.6) is 17.2 Å². The Hall–Kier alpha value is -2.54. The molecule has 0 fully saturated rings. The Labute approximate surface area is 128 Å². The van der Waals surface area contributed by atoms with Gasteiger partial charge in [0.1, 0.15) is 0 Å². The quantitative estimate of drug-likeness (QED) is 0.387. The van der Waals surface area contributed by atoms with E-state index in [2.05, 4.69) is 26.5 Å². The van der Waals surface area contributed by atoms with E-state index in [1.165, 1.54) is 6.21 Å². The number of aromatic hydroxyl groups is 3. The molecule has 0 saturated carbocycles. The summed E-state index contributed by atoms with van der Waals surface area (Å²) >= 11 is 3.30. The van der Waals surface area contributed by atoms with Crippen LogP contribution in [0.25, 0.3) is 0 Å². The third kappa shape index (κ3) is 3.73. The van der Waals surface area contributed by atoms with E-state index in [1.54, 1.807) is 12.1 Å². The van der Waals surface area contributed by atoms with Crippen LogP contribution in [0.2, 0.25) is 0 Å². The normalized spacial score (nSPS) is 10.7. The number of carbonyl (C=O) groups excluding carboxylic acids is 1. The number of hydrogen-bond donors (Lipinski definition) is 4. The Bertz CT molecular complexity index is 676. The van der Waals surface area contributed by atoms with Crippen molar-refractivity contribution in [1.29, 1.82) is 0 Å². The fourth-order valence-corrected chi connectivity index (χ4v) is 1.78. The molecule has 21 heavy (non-hydrogen) atoms. The van der Waals surface area contributed by atoms with Crippen LogP contribution >= 0.6 is 15.9 Å². The minimum Gasteiger partial charge on any atom is -0.504 e. The zero-order valence-corrected chi connectivity index (χ0v) is 12.2. The number of nitrogens with one attached hydrogen (secondary N) is 1. The molecule has 4 N–H and O–H groups in total. The molecule has 7 heteroatoms. The van der Waals surface area contributed by atoms with Crippen molar-refractivity contribution in [2.45, 2.75) is 0 Å². The second-order valence-corrected chi connectivity index (χ2v) is 5.03. The van der Waals surface area contributed by atoms with Gasteiger partial charge in [-0.05, 0) is 29.8 Å². The highest BCUT2D eigenvalue weighted by Crippen LogP contribution is 2.35. The van der Waals surface area contributed by atoms with Gasteiger partial charge in [0.15, 0.2) is 17.2 Å². The first kappa shape index (κ1) is 14.9. The summed E-state index contributed by atoms with van der Waals surface area (Å²) in [6.07, 6.45) is 1.45. The van der Waals surface area contributed by atoms with E-state index in [0.29, 0.717) is 0 Å². The van der Waals surface area contributed by atoms with Crippen LogP contribution in [0.15, 0.2) is 46.0 Å². The maximum atomic E-state index is 11.8. The molecule has 0 radical (unpaired) electrons. The zero-order valence-electron chi connectivity index (χ0n) is 10.6. The number of benzene rings is 2. The minimum atomic E-state index is -0.676. The second kappa shape index (κ2) is 6.27. The van der Waals surface area contributed by atoms with E-state index >= 15 is 0 Å². The molecule has 2 aromatic carbocycles. The monoisotopic (exact) mass is 350 g/mol. The molecule has 2 aromatic rings. The van der Waals surface area contributed by atoms with Crippen molar-refractivity contribution >= 4 is 28.1 Å². The highest BCUT2D eigenvalue weighted by molar-refractivity contribution is 9.10. The van der Waals surface area contributed by atoms with Crippen molar-refractivity contribution in [3.05, 3.63) is 52.0 Å². The van der Waals surface area contributed by atoms with Gasteiger partial charge in [0.25, 0.3) is 5.91 Å². The summed E-state index contributed by atoms with van der Waals surface area (Å²) in [6.45, 7) is 0. The number of nitrogens with zero attached hydrogens (tertiary/aromatic N) is 1. The van der Waals surface area contributed by atoms with Crippen molar-refractivity contribution in [2.75, 3.05) is 0 Å². The molecule has 1 amide bonds. The van der Waals surface area contributed by atoms with E-state index in [4.69, 9.17) is 0 Å². The van der Waals surface area contributed by atoms with Gasteiger partial charge in [0.2, 0.25) is 0 Å². The Morgan fingerprint density at radius 3 is 2.24 bits per heavy atom. The molecule has 0 aromatic heterocycles. The fraction of sp³-hybridized carbons (Fsp3) is 0. The first-order chi connectivity index (χ1) is 9.97. The topological polar surface area (TPSA) is 102 Å². The lowest BCUT2D eigenvalue weighted by Crippen LogP contribution is -2.17. The minimum absolute atomic E-state index is 0.0317. The SMILES string of the molecule is O=C(N/N=C/c1ccc(Br)cc1)c1cc(O)c(O)c(O)c1. The predicted molar refractivity (Wildman–Crippen MR) is 80.6 cm³/mol. The maximum absolute atomic E-state index is 11.8. The number of phenolic OH excluding ortho intramolecular Hbond substituents is 3. The Balaban J connectivity index is 2.06. The number of hydrazone groups is 1. The Kier molecular flexibility index (Phi) is 4.44. The molecular weight excluding hydrogens is 340 g/mol. The largest absolute Gasteiger partial charge is 0.504 e. The van der Waals surface area contributed by atoms with E-state index in [-0.39, 0.29) is 5.56 Å². The summed E-state index contributed by atoms with van der Waals surface area (Å²) < 4.78 is 0.929. The van der Waals surface area contributed by atoms with Crippen molar-refractivity contribution in [3.63, 3.8) is 0 Å². The third-order valence-electron chi connectivity index (χ3n) is 2.58. The van der Waals surface area contributed by atoms with E-state index in [9.17, 15) is 20.1 Å². The predicted octanol–water partition coefficient (Wildman–Crippen LogP) is 2.33. The first-order valence-electron chi connectivity index (χ1n) is 5.81. The molecular formula is C14H11BrN2O4. The zero-order chi connectivity index (χ0) is 15.4. The summed E-state index contributed by atoms with van der Waals surface area (Å²) in [7, 11) is 0. The third-order valence-corrected chi connectivity index (χ3v) is 3.11. The highest BCUT2D eigenvalue weighted by Gasteiger charge is 2.12. The summed E-state index contributed by atoms with van der Waals surface area (Å²) in [5, 5.41) is 31.6. The van der Waals surface area contributed by atoms with Gasteiger partial charge in [0.05, 0.1) is 6.21 Å². The average molecular weight is 351 g/mol. The van der Waals surface area contributed by atoms with Gasteiger partial charge in [-0.15, -0.1) is 0 Å². The molecule has 108 valence electrons. The molecule has 6 nitrogen and oxygen atoms in total. The molecule has 0 aliphatic rings. The summed E-state index contributed by atoms with van der Waals surface area (Å²) in [6, 6.07) is 9.33. The molecule has 0 aliphatic carbocycles. The number of hydrogen-bond acceptors (Lipinski definition) is 5. The molecule has 0 saturated heterocycles. The van der Waals surface area contributed by atoms with E-state index in [1.807, 2.05) is 12.1 Å². The molecule has 0 spiro atoms. The summed E-state index contributed by atoms with van der Waals surface area (Å²) in [5.74, 6) is -2.48. The van der Waals surface area contributed by atoms with Gasteiger partial charge >= 0.3 is 0 Å². The van der Waals surface area contributed by atoms with Gasteiger partial charge in [0, 0.05) is 10.0 Å². The smallest absolute Gasteiger partial charge is 0.271 e. The second-order valence-electron chi connectivity index (χ2n) is 4.11. The van der Waals surface area contributed by atoms with Gasteiger partial charge in [-0.3, -0.25) is 4.79 Å². The van der Waals surface area contributed by atoms with Crippen LogP contribution in [0.3, 0.4) is 0 Å². The number of halogens is 1. The molecule has 0 aliphatic heterocycles. The van der Waals surface area contributed by atoms with Crippen molar-refractivity contribution in [2.24, 2.45) is 5.10 Å². The fourth-order valence-electron chi connectivity index (χ4n) is 1.51. The number of carbonyl (C=O) groups is 1. The summed E-state index contributed by atoms with van der Waals surface area (Å²) in [4.78, 5) is 11.8. The Morgan fingerprint density at radius 2 is 1.67 bits per heavy atom. The van der Waals surface area contributed by atoms with E-state index in [0.717, 1.165) is 22.2 Å². The van der Waals surface area contributed by atoms with Gasteiger partial charge in [-0.2, -0.15) is 5.10 Å². The highest BCUT2D eigenvalue weighted by atomic mass is 79.9. The molecule has 0 heterocycles. The van der Waals surface area contributed by atoms with Gasteiger partial charge in [-0.25, -0.2) is 5.43 Å². The number of rotatable bonds is 3. The lowest BCUT2D eigenvalue weighted by molar-refractivity contribution is 0.0954. The average Bonchev–Trinajstić information content (AvgIpc) is 2.46. The van der Waals surface area contributed by atoms with Gasteiger partial charge < -0.3 is 15.3 Å². The Morgan fingerprint density at radius 1 is 1.10 bits per heavy atom. The van der Waals surface area contributed by atoms with Crippen molar-refractivity contribution < 1.29 is 20.1 Å². The summed E-state index contributed by atoms with van der Waals surface area (Å²) in [5.41, 5.74) is 3.01. The van der Waals surface area contributed by atoms with Crippen LogP contribution < -0.4 is 5.43 Å². The van der Waals surface area contributed by atoms with Gasteiger partial charge in [-0.1, -0.05) is 28.1 Å². The molecule has 0 unspecified atom stereocenters. The van der Waals surface area contributed by atoms with Crippen LogP contribution in [-0.2, 0) is 0 Å². The van der Waals surface area contributed by atoms with Crippen LogP contribution in [0.4, 0.5) is 0 Å². The molecule has 0 atom stereocenters. The number of amides is 1. The van der Waals surface area contributed by atoms with Crippen molar-refractivity contribution in [3.8, 4) is 17.2 Å². The van der Waals surface area contributed by atoms with Crippen LogP contribution in [0, 0.1) is 0 Å². The molecule has 2 rings (SSSR count). The van der Waals surface area contributed by atoms with E-state index < -0.39 is 23.2 Å². The van der Waals surface area contributed by atoms with Crippen LogP contribution in [-0.4, -0.2) is 27.4 Å². The number of phenols is 3. The lowest BCUT2D eigenvalue weighted by atomic mass is 10.2. The maximum Gasteiger partial charge on any atom is 0.271 e. The first-order valence-corrected chi connectivity index (χ1v) is 6.60. The standard InChI is InChI=1S/C14H11BrN2O4/c15-10-3-1-8(2-4-10)7-16-17-14(21)9-5-11(18)13(20)12(19)6-9/h1-7,18-20H,(H,17,21)/b16-7+.